The standard InChI is InChI=1S/C17H22N2O3.ClH/c1-22-17(21)11-6-8-13(9-7-11)18-16(20)15-10-12-4-2-3-5-14(12)19-15;/h6-9,12,14-15,19H,2-5,10H2,1H3,(H,18,20);1H. The van der Waals surface area contributed by atoms with E-state index in [0.717, 1.165) is 6.42 Å². The first-order valence-electron chi connectivity index (χ1n) is 7.92. The Balaban J connectivity index is 0.00000192. The maximum Gasteiger partial charge on any atom is 0.337 e. The molecular formula is C17H23ClN2O3. The molecule has 1 aromatic rings. The second kappa shape index (κ2) is 7.79. The van der Waals surface area contributed by atoms with Gasteiger partial charge in [-0.25, -0.2) is 4.79 Å². The fourth-order valence-corrected chi connectivity index (χ4v) is 3.56. The largest absolute Gasteiger partial charge is 0.465 e. The Kier molecular flexibility index (Phi) is 6.02. The minimum Gasteiger partial charge on any atom is -0.465 e. The van der Waals surface area contributed by atoms with Gasteiger partial charge in [0.25, 0.3) is 0 Å². The van der Waals surface area contributed by atoms with Crippen molar-refractivity contribution in [3.05, 3.63) is 29.8 Å². The molecule has 0 radical (unpaired) electrons. The van der Waals surface area contributed by atoms with Gasteiger partial charge in [-0.1, -0.05) is 12.8 Å². The fraction of sp³-hybridized carbons (Fsp3) is 0.529. The summed E-state index contributed by atoms with van der Waals surface area (Å²) in [7, 11) is 1.35. The Labute approximate surface area is 142 Å². The van der Waals surface area contributed by atoms with E-state index in [1.165, 1.54) is 32.8 Å². The molecule has 0 spiro atoms. The number of amides is 1. The lowest BCUT2D eigenvalue weighted by atomic mass is 9.85. The van der Waals surface area contributed by atoms with E-state index in [1.54, 1.807) is 24.3 Å². The van der Waals surface area contributed by atoms with Gasteiger partial charge in [0, 0.05) is 11.7 Å². The average Bonchev–Trinajstić information content (AvgIpc) is 2.99. The average molecular weight is 339 g/mol. The number of methoxy groups -OCH3 is 1. The van der Waals surface area contributed by atoms with Crippen molar-refractivity contribution in [2.45, 2.75) is 44.2 Å². The second-order valence-corrected chi connectivity index (χ2v) is 6.16. The van der Waals surface area contributed by atoms with E-state index >= 15 is 0 Å². The van der Waals surface area contributed by atoms with Crippen molar-refractivity contribution in [3.8, 4) is 0 Å². The molecule has 3 rings (SSSR count). The smallest absolute Gasteiger partial charge is 0.337 e. The molecule has 2 fully saturated rings. The number of carbonyl (C=O) groups excluding carboxylic acids is 2. The Hall–Kier alpha value is -1.59. The predicted octanol–water partition coefficient (Wildman–Crippen LogP) is 2.75. The van der Waals surface area contributed by atoms with Gasteiger partial charge in [-0.3, -0.25) is 4.79 Å². The van der Waals surface area contributed by atoms with Gasteiger partial charge in [-0.15, -0.1) is 12.4 Å². The van der Waals surface area contributed by atoms with Gasteiger partial charge in [0.15, 0.2) is 0 Å². The van der Waals surface area contributed by atoms with Crippen LogP contribution in [0.4, 0.5) is 5.69 Å². The van der Waals surface area contributed by atoms with Crippen LogP contribution in [0, 0.1) is 5.92 Å². The Morgan fingerprint density at radius 2 is 1.87 bits per heavy atom. The molecule has 3 atom stereocenters. The molecule has 3 unspecified atom stereocenters. The number of anilines is 1. The van der Waals surface area contributed by atoms with Crippen LogP contribution in [-0.2, 0) is 9.53 Å². The first-order chi connectivity index (χ1) is 10.7. The molecule has 126 valence electrons. The fourth-order valence-electron chi connectivity index (χ4n) is 3.56. The van der Waals surface area contributed by atoms with Crippen molar-refractivity contribution in [3.63, 3.8) is 0 Å². The number of hydrogen-bond donors (Lipinski definition) is 2. The highest BCUT2D eigenvalue weighted by Gasteiger charge is 2.38. The SMILES string of the molecule is COC(=O)c1ccc(NC(=O)C2CC3CCCCC3N2)cc1.Cl. The number of rotatable bonds is 3. The molecule has 0 aromatic heterocycles. The van der Waals surface area contributed by atoms with Gasteiger partial charge in [0.05, 0.1) is 18.7 Å². The van der Waals surface area contributed by atoms with Crippen molar-refractivity contribution in [2.24, 2.45) is 5.92 Å². The molecule has 1 saturated carbocycles. The lowest BCUT2D eigenvalue weighted by Crippen LogP contribution is -2.39. The molecule has 23 heavy (non-hydrogen) atoms. The highest BCUT2D eigenvalue weighted by Crippen LogP contribution is 2.33. The molecule has 6 heteroatoms. The zero-order chi connectivity index (χ0) is 15.5. The molecule has 1 aliphatic heterocycles. The first-order valence-corrected chi connectivity index (χ1v) is 7.92. The second-order valence-electron chi connectivity index (χ2n) is 6.16. The number of fused-ring (bicyclic) bond motifs is 1. The third-order valence-electron chi connectivity index (χ3n) is 4.75. The van der Waals surface area contributed by atoms with Crippen molar-refractivity contribution in [2.75, 3.05) is 12.4 Å². The van der Waals surface area contributed by atoms with Crippen LogP contribution in [0.2, 0.25) is 0 Å². The van der Waals surface area contributed by atoms with E-state index in [4.69, 9.17) is 0 Å². The molecule has 1 amide bonds. The summed E-state index contributed by atoms with van der Waals surface area (Å²) in [4.78, 5) is 23.7. The number of halogens is 1. The highest BCUT2D eigenvalue weighted by atomic mass is 35.5. The number of esters is 1. The van der Waals surface area contributed by atoms with Gasteiger partial charge >= 0.3 is 5.97 Å². The highest BCUT2D eigenvalue weighted by molar-refractivity contribution is 5.96. The van der Waals surface area contributed by atoms with Crippen LogP contribution in [0.25, 0.3) is 0 Å². The number of hydrogen-bond acceptors (Lipinski definition) is 4. The zero-order valence-corrected chi connectivity index (χ0v) is 14.0. The van der Waals surface area contributed by atoms with Crippen LogP contribution in [0.5, 0.6) is 0 Å². The molecule has 5 nitrogen and oxygen atoms in total. The number of ether oxygens (including phenoxy) is 1. The van der Waals surface area contributed by atoms with E-state index in [1.807, 2.05) is 0 Å². The molecular weight excluding hydrogens is 316 g/mol. The van der Waals surface area contributed by atoms with Crippen LogP contribution < -0.4 is 10.6 Å². The third kappa shape index (κ3) is 4.03. The van der Waals surface area contributed by atoms with E-state index in [2.05, 4.69) is 15.4 Å². The monoisotopic (exact) mass is 338 g/mol. The summed E-state index contributed by atoms with van der Waals surface area (Å²) < 4.78 is 4.66. The van der Waals surface area contributed by atoms with E-state index in [-0.39, 0.29) is 30.3 Å². The summed E-state index contributed by atoms with van der Waals surface area (Å²) in [5, 5.41) is 6.39. The predicted molar refractivity (Wildman–Crippen MR) is 90.9 cm³/mol. The van der Waals surface area contributed by atoms with Crippen LogP contribution in [0.1, 0.15) is 42.5 Å². The summed E-state index contributed by atoms with van der Waals surface area (Å²) in [5.74, 6) is 0.283. The van der Waals surface area contributed by atoms with Gasteiger partial charge in [0.1, 0.15) is 0 Å². The topological polar surface area (TPSA) is 67.4 Å². The Bertz CT molecular complexity index is 547. The first kappa shape index (κ1) is 17.8. The minimum atomic E-state index is -0.376. The molecule has 1 saturated heterocycles. The van der Waals surface area contributed by atoms with E-state index in [0.29, 0.717) is 23.2 Å². The lowest BCUT2D eigenvalue weighted by Gasteiger charge is -2.24. The third-order valence-corrected chi connectivity index (χ3v) is 4.75. The Morgan fingerprint density at radius 3 is 2.52 bits per heavy atom. The lowest BCUT2D eigenvalue weighted by molar-refractivity contribution is -0.117. The molecule has 1 aliphatic carbocycles. The Morgan fingerprint density at radius 1 is 1.17 bits per heavy atom. The molecule has 2 N–H and O–H groups in total. The van der Waals surface area contributed by atoms with Gasteiger partial charge in [-0.2, -0.15) is 0 Å². The van der Waals surface area contributed by atoms with E-state index < -0.39 is 0 Å². The number of benzene rings is 1. The van der Waals surface area contributed by atoms with E-state index in [9.17, 15) is 9.59 Å². The molecule has 0 bridgehead atoms. The van der Waals surface area contributed by atoms with Crippen molar-refractivity contribution in [1.82, 2.24) is 5.32 Å². The molecule has 1 aromatic carbocycles. The maximum atomic E-state index is 12.4. The van der Waals surface area contributed by atoms with Crippen LogP contribution in [0.3, 0.4) is 0 Å². The molecule has 2 aliphatic rings. The summed E-state index contributed by atoms with van der Waals surface area (Å²) in [6, 6.07) is 7.17. The van der Waals surface area contributed by atoms with Gasteiger partial charge in [0.2, 0.25) is 5.91 Å². The summed E-state index contributed by atoms with van der Waals surface area (Å²) in [5.41, 5.74) is 1.18. The minimum absolute atomic E-state index is 0. The quantitative estimate of drug-likeness (QED) is 0.832. The summed E-state index contributed by atoms with van der Waals surface area (Å²) in [6.07, 6.45) is 5.89. The van der Waals surface area contributed by atoms with Gasteiger partial charge < -0.3 is 15.4 Å². The van der Waals surface area contributed by atoms with Crippen LogP contribution in [-0.4, -0.2) is 31.1 Å². The van der Waals surface area contributed by atoms with Crippen LogP contribution in [0.15, 0.2) is 24.3 Å². The van der Waals surface area contributed by atoms with Crippen LogP contribution >= 0.6 is 12.4 Å². The summed E-state index contributed by atoms with van der Waals surface area (Å²) in [6.45, 7) is 0. The summed E-state index contributed by atoms with van der Waals surface area (Å²) >= 11 is 0. The maximum absolute atomic E-state index is 12.4. The van der Waals surface area contributed by atoms with Crippen molar-refractivity contribution < 1.29 is 14.3 Å². The number of nitrogens with one attached hydrogen (secondary N) is 2. The van der Waals surface area contributed by atoms with Crippen molar-refractivity contribution in [1.29, 1.82) is 0 Å². The normalized spacial score (nSPS) is 25.9. The zero-order valence-electron chi connectivity index (χ0n) is 13.2. The number of carbonyl (C=O) groups is 2. The van der Waals surface area contributed by atoms with Gasteiger partial charge in [-0.05, 0) is 49.4 Å². The molecule has 1 heterocycles. The van der Waals surface area contributed by atoms with Crippen molar-refractivity contribution >= 4 is 30.0 Å².